The number of pyridine rings is 1. The van der Waals surface area contributed by atoms with Crippen LogP contribution in [0.4, 0.5) is 5.69 Å². The average molecular weight is 292 g/mol. The van der Waals surface area contributed by atoms with Gasteiger partial charge in [-0.2, -0.15) is 0 Å². The third kappa shape index (κ3) is 2.51. The quantitative estimate of drug-likeness (QED) is 0.759. The lowest BCUT2D eigenvalue weighted by atomic mass is 9.97. The lowest BCUT2D eigenvalue weighted by Crippen LogP contribution is -2.09. The minimum absolute atomic E-state index is 0.161. The lowest BCUT2D eigenvalue weighted by Gasteiger charge is -2.10. The topological polar surface area (TPSA) is 62.0 Å². The van der Waals surface area contributed by atoms with Gasteiger partial charge in [0.1, 0.15) is 0 Å². The molecule has 0 aliphatic heterocycles. The van der Waals surface area contributed by atoms with Crippen LogP contribution < -0.4 is 10.9 Å². The first-order valence-corrected chi connectivity index (χ1v) is 7.05. The molecular weight excluding hydrogens is 276 g/mol. The van der Waals surface area contributed by atoms with E-state index in [1.165, 1.54) is 6.92 Å². The molecule has 1 heterocycles. The minimum Gasteiger partial charge on any atom is -0.328 e. The lowest BCUT2D eigenvalue weighted by molar-refractivity contribution is -0.114. The first-order chi connectivity index (χ1) is 10.6. The molecule has 0 aliphatic carbocycles. The Balaban J connectivity index is 2.26. The zero-order valence-corrected chi connectivity index (χ0v) is 12.4. The number of amides is 1. The molecule has 0 radical (unpaired) electrons. The highest BCUT2D eigenvalue weighted by Gasteiger charge is 2.09. The molecule has 0 unspecified atom stereocenters. The van der Waals surface area contributed by atoms with Crippen molar-refractivity contribution in [3.8, 4) is 11.1 Å². The Labute approximate surface area is 127 Å². The number of rotatable bonds is 2. The summed E-state index contributed by atoms with van der Waals surface area (Å²) in [5, 5.41) is 4.13. The van der Waals surface area contributed by atoms with E-state index in [9.17, 15) is 9.59 Å². The third-order valence-electron chi connectivity index (χ3n) is 3.66. The second-order valence-corrected chi connectivity index (χ2v) is 5.29. The van der Waals surface area contributed by atoms with Gasteiger partial charge in [0.05, 0.1) is 0 Å². The molecule has 0 fully saturated rings. The van der Waals surface area contributed by atoms with E-state index in [1.807, 2.05) is 43.3 Å². The fourth-order valence-electron chi connectivity index (χ4n) is 2.64. The first-order valence-electron chi connectivity index (χ1n) is 7.05. The molecule has 3 aromatic rings. The van der Waals surface area contributed by atoms with Crippen LogP contribution >= 0.6 is 0 Å². The van der Waals surface area contributed by atoms with Gasteiger partial charge in [-0.15, -0.1) is 0 Å². The van der Waals surface area contributed by atoms with Gasteiger partial charge in [0.2, 0.25) is 5.91 Å². The summed E-state index contributed by atoms with van der Waals surface area (Å²) in [7, 11) is 0. The number of hydrogen-bond acceptors (Lipinski definition) is 2. The fourth-order valence-corrected chi connectivity index (χ4v) is 2.64. The fraction of sp³-hybridized carbons (Fsp3) is 0.111. The largest absolute Gasteiger partial charge is 0.328 e. The maximum atomic E-state index is 12.1. The summed E-state index contributed by atoms with van der Waals surface area (Å²) < 4.78 is 0. The maximum absolute atomic E-state index is 12.1. The minimum atomic E-state index is -0.167. The highest BCUT2D eigenvalue weighted by Crippen LogP contribution is 2.29. The molecule has 4 heteroatoms. The molecule has 0 spiro atoms. The van der Waals surface area contributed by atoms with Crippen molar-refractivity contribution in [1.82, 2.24) is 4.98 Å². The van der Waals surface area contributed by atoms with Gasteiger partial charge in [-0.25, -0.2) is 0 Å². The van der Waals surface area contributed by atoms with Crippen LogP contribution in [0.5, 0.6) is 0 Å². The first kappa shape index (κ1) is 14.1. The molecule has 0 atom stereocenters. The van der Waals surface area contributed by atoms with Crippen molar-refractivity contribution in [1.29, 1.82) is 0 Å². The predicted molar refractivity (Wildman–Crippen MR) is 89.0 cm³/mol. The molecule has 22 heavy (non-hydrogen) atoms. The van der Waals surface area contributed by atoms with Crippen LogP contribution in [0.1, 0.15) is 12.5 Å². The van der Waals surface area contributed by atoms with Crippen LogP contribution in [0.2, 0.25) is 0 Å². The van der Waals surface area contributed by atoms with E-state index >= 15 is 0 Å². The number of nitrogens with one attached hydrogen (secondary N) is 2. The molecule has 110 valence electrons. The molecule has 0 saturated heterocycles. The number of aryl methyl sites for hydroxylation is 1. The number of H-pyrrole nitrogens is 1. The van der Waals surface area contributed by atoms with Crippen molar-refractivity contribution in [2.75, 3.05) is 5.32 Å². The van der Waals surface area contributed by atoms with Gasteiger partial charge in [-0.1, -0.05) is 30.3 Å². The monoisotopic (exact) mass is 292 g/mol. The van der Waals surface area contributed by atoms with Gasteiger partial charge in [-0.3, -0.25) is 9.59 Å². The molecule has 0 aliphatic rings. The van der Waals surface area contributed by atoms with Crippen LogP contribution in [0, 0.1) is 6.92 Å². The van der Waals surface area contributed by atoms with Gasteiger partial charge in [0.15, 0.2) is 0 Å². The summed E-state index contributed by atoms with van der Waals surface area (Å²) in [5.41, 5.74) is 3.65. The molecule has 4 nitrogen and oxygen atoms in total. The summed E-state index contributed by atoms with van der Waals surface area (Å²) in [5.74, 6) is -0.161. The normalized spacial score (nSPS) is 10.6. The van der Waals surface area contributed by atoms with Crippen molar-refractivity contribution in [3.05, 3.63) is 64.6 Å². The molecule has 1 aromatic heterocycles. The van der Waals surface area contributed by atoms with Gasteiger partial charge in [0, 0.05) is 29.8 Å². The molecule has 2 aromatic carbocycles. The van der Waals surface area contributed by atoms with Crippen LogP contribution in [0.25, 0.3) is 21.9 Å². The zero-order valence-electron chi connectivity index (χ0n) is 12.4. The Morgan fingerprint density at radius 1 is 1.05 bits per heavy atom. The zero-order chi connectivity index (χ0) is 15.7. The van der Waals surface area contributed by atoms with Crippen LogP contribution in [-0.2, 0) is 4.79 Å². The van der Waals surface area contributed by atoms with Crippen molar-refractivity contribution in [3.63, 3.8) is 0 Å². The van der Waals surface area contributed by atoms with Crippen LogP contribution in [0.15, 0.2) is 53.5 Å². The van der Waals surface area contributed by atoms with E-state index in [4.69, 9.17) is 0 Å². The second-order valence-electron chi connectivity index (χ2n) is 5.29. The highest BCUT2D eigenvalue weighted by atomic mass is 16.1. The van der Waals surface area contributed by atoms with Crippen molar-refractivity contribution in [2.24, 2.45) is 0 Å². The van der Waals surface area contributed by atoms with E-state index in [-0.39, 0.29) is 11.5 Å². The van der Waals surface area contributed by atoms with Crippen molar-refractivity contribution in [2.45, 2.75) is 13.8 Å². The number of carbonyl (C=O) groups excluding carboxylic acids is 1. The smallest absolute Gasteiger partial charge is 0.255 e. The highest BCUT2D eigenvalue weighted by molar-refractivity contribution is 5.99. The number of aromatic amines is 1. The summed E-state index contributed by atoms with van der Waals surface area (Å²) in [6.07, 6.45) is 1.74. The van der Waals surface area contributed by atoms with E-state index in [0.717, 1.165) is 22.1 Å². The predicted octanol–water partition coefficient (Wildman–Crippen LogP) is 3.46. The number of anilines is 1. The van der Waals surface area contributed by atoms with E-state index in [0.29, 0.717) is 11.1 Å². The maximum Gasteiger partial charge on any atom is 0.255 e. The Hall–Kier alpha value is -2.88. The van der Waals surface area contributed by atoms with Gasteiger partial charge >= 0.3 is 0 Å². The van der Waals surface area contributed by atoms with Gasteiger partial charge in [-0.05, 0) is 35.6 Å². The van der Waals surface area contributed by atoms with E-state index < -0.39 is 0 Å². The average Bonchev–Trinajstić information content (AvgIpc) is 2.48. The van der Waals surface area contributed by atoms with E-state index in [1.54, 1.807) is 12.3 Å². The van der Waals surface area contributed by atoms with Crippen molar-refractivity contribution < 1.29 is 4.79 Å². The number of benzene rings is 2. The summed E-state index contributed by atoms with van der Waals surface area (Å²) in [6, 6.07) is 13.4. The summed E-state index contributed by atoms with van der Waals surface area (Å²) >= 11 is 0. The molecule has 3 rings (SSSR count). The number of fused-ring (bicyclic) bond motifs is 1. The third-order valence-corrected chi connectivity index (χ3v) is 3.66. The number of hydrogen-bond donors (Lipinski definition) is 2. The Morgan fingerprint density at radius 2 is 1.82 bits per heavy atom. The Kier molecular flexibility index (Phi) is 3.51. The van der Waals surface area contributed by atoms with E-state index in [2.05, 4.69) is 10.3 Å². The van der Waals surface area contributed by atoms with Crippen molar-refractivity contribution >= 4 is 22.4 Å². The van der Waals surface area contributed by atoms with Gasteiger partial charge in [0.25, 0.3) is 5.56 Å². The van der Waals surface area contributed by atoms with Crippen LogP contribution in [0.3, 0.4) is 0 Å². The van der Waals surface area contributed by atoms with Crippen LogP contribution in [-0.4, -0.2) is 10.9 Å². The summed E-state index contributed by atoms with van der Waals surface area (Å²) in [4.78, 5) is 26.1. The Morgan fingerprint density at radius 3 is 2.55 bits per heavy atom. The molecular formula is C18H16N2O2. The molecule has 1 amide bonds. The number of aromatic nitrogens is 1. The SMILES string of the molecule is CC(=O)Nc1ccc2c(-c3ccccc3C)c[nH]c(=O)c2c1. The summed E-state index contributed by atoms with van der Waals surface area (Å²) in [6.45, 7) is 3.48. The number of carbonyl (C=O) groups is 1. The Bertz CT molecular complexity index is 926. The molecule has 2 N–H and O–H groups in total. The van der Waals surface area contributed by atoms with Gasteiger partial charge < -0.3 is 10.3 Å². The second kappa shape index (κ2) is 5.48. The molecule has 0 bridgehead atoms. The molecule has 0 saturated carbocycles. The standard InChI is InChI=1S/C18H16N2O2/c1-11-5-3-4-6-14(11)17-10-19-18(22)16-9-13(20-12(2)21)7-8-15(16)17/h3-10H,1-2H3,(H,19,22)(H,20,21).